The third-order valence-electron chi connectivity index (χ3n) is 14.9. The van der Waals surface area contributed by atoms with E-state index in [4.69, 9.17) is 17.5 Å². The van der Waals surface area contributed by atoms with Gasteiger partial charge in [-0.3, -0.25) is 0 Å². The van der Waals surface area contributed by atoms with Crippen molar-refractivity contribution in [2.24, 2.45) is 0 Å². The SMILES string of the molecule is CCCCCCc1ccc(-c2ccc(-c3[c-]cc(-c4cc5c(s4)-c4sc(-c6c[c-]c(-c7ccc(-c8ccc(CCCCCC)s8)s7)c7nsnc67)cc4C5(CCCCCC)CCCCCC)c4nsnc34)s2)s1.[W].[W]. The Morgan fingerprint density at radius 2 is 0.760 bits per heavy atom. The first-order chi connectivity index (χ1) is 36.0. The van der Waals surface area contributed by atoms with E-state index < -0.39 is 0 Å². The number of rotatable bonds is 26. The van der Waals surface area contributed by atoms with E-state index in [0.29, 0.717) is 0 Å². The van der Waals surface area contributed by atoms with Crippen LogP contribution in [0.4, 0.5) is 0 Å². The van der Waals surface area contributed by atoms with Crippen molar-refractivity contribution in [3.8, 4) is 71.0 Å². The number of aromatic nitrogens is 4. The molecule has 0 saturated heterocycles. The largest absolute Gasteiger partial charge is 0.224 e. The molecule has 0 unspecified atom stereocenters. The Bertz CT molecular complexity index is 3200. The van der Waals surface area contributed by atoms with Crippen molar-refractivity contribution in [3.05, 3.63) is 106 Å². The van der Waals surface area contributed by atoms with Gasteiger partial charge in [-0.2, -0.15) is 31.4 Å². The topological polar surface area (TPSA) is 51.6 Å². The summed E-state index contributed by atoms with van der Waals surface area (Å²) in [5, 5.41) is 0. The summed E-state index contributed by atoms with van der Waals surface area (Å²) in [4.78, 5) is 16.2. The number of benzene rings is 2. The first kappa shape index (κ1) is 57.3. The second-order valence-electron chi connectivity index (χ2n) is 20.0. The smallest absolute Gasteiger partial charge is 0.0572 e. The molecule has 0 bridgehead atoms. The molecule has 0 spiro atoms. The van der Waals surface area contributed by atoms with Gasteiger partial charge in [0.25, 0.3) is 0 Å². The number of hydrogen-bond acceptors (Lipinski definition) is 12. The van der Waals surface area contributed by atoms with Crippen LogP contribution in [0, 0.1) is 12.1 Å². The zero-order chi connectivity index (χ0) is 49.7. The van der Waals surface area contributed by atoms with E-state index in [9.17, 15) is 0 Å². The van der Waals surface area contributed by atoms with E-state index in [1.165, 1.54) is 222 Å². The minimum absolute atomic E-state index is 0. The maximum Gasteiger partial charge on any atom is 0.0572 e. The molecule has 75 heavy (non-hydrogen) atoms. The summed E-state index contributed by atoms with van der Waals surface area (Å²) in [5.74, 6) is 0. The number of hydrogen-bond donors (Lipinski definition) is 0. The van der Waals surface area contributed by atoms with Gasteiger partial charge in [0.2, 0.25) is 0 Å². The molecule has 10 aromatic rings. The molecule has 1 aliphatic rings. The van der Waals surface area contributed by atoms with Crippen LogP contribution in [0.5, 0.6) is 0 Å². The van der Waals surface area contributed by atoms with Crippen molar-refractivity contribution in [2.45, 2.75) is 162 Å². The fourth-order valence-electron chi connectivity index (χ4n) is 10.9. The normalized spacial score (nSPS) is 12.7. The van der Waals surface area contributed by atoms with Crippen molar-refractivity contribution in [2.75, 3.05) is 0 Å². The minimum atomic E-state index is -0.0447. The van der Waals surface area contributed by atoms with Gasteiger partial charge in [-0.15, -0.1) is 80.7 Å². The number of unbranched alkanes of at least 4 members (excludes halogenated alkanes) is 12. The molecule has 0 atom stereocenters. The van der Waals surface area contributed by atoms with Crippen LogP contribution in [0.3, 0.4) is 0 Å². The van der Waals surface area contributed by atoms with Crippen molar-refractivity contribution >= 4 is 114 Å². The average Bonchev–Trinajstić information content (AvgIpc) is 4.28. The molecule has 0 N–H and O–H groups in total. The van der Waals surface area contributed by atoms with Crippen LogP contribution in [-0.2, 0) is 60.4 Å². The zero-order valence-corrected chi connectivity index (χ0v) is 55.8. The molecule has 2 aromatic carbocycles. The number of nitrogens with zero attached hydrogens (tertiary/aromatic N) is 4. The van der Waals surface area contributed by atoms with E-state index in [2.05, 4.69) is 113 Å². The standard InChI is InChI=1S/C61H64N4S8.2W/c1-5-9-13-17-21-39-23-29-49(66-39)51-33-31-47(68-51)41-25-27-43(57-55(41)62-72-64-57)53-37-45-59(70-53)60-46(61(45,35-19-15-11-7-3)36-20-16-12-8-4)38-54(71-60)44-28-26-42(56-58(44)65-73-63-56)48-32-34-52(69-48)50-30-24-40(67-50)22-18-14-10-6-2;;/h23-24,27-34,37-38H,5-22,35-36H2,1-4H3;;/q-2;;. The summed E-state index contributed by atoms with van der Waals surface area (Å²) >= 11 is 14.2. The maximum absolute atomic E-state index is 5.04. The van der Waals surface area contributed by atoms with Gasteiger partial charge < -0.3 is 0 Å². The molecule has 0 aliphatic heterocycles. The van der Waals surface area contributed by atoms with Crippen LogP contribution >= 0.6 is 91.5 Å². The Balaban J connectivity index is 0.00000344. The molecule has 0 radical (unpaired) electrons. The number of aryl methyl sites for hydroxylation is 2. The van der Waals surface area contributed by atoms with Crippen LogP contribution in [0.1, 0.15) is 164 Å². The summed E-state index contributed by atoms with van der Waals surface area (Å²) < 4.78 is 20.0. The predicted molar refractivity (Wildman–Crippen MR) is 325 cm³/mol. The second kappa shape index (κ2) is 26.7. The molecule has 8 aromatic heterocycles. The molecule has 14 heteroatoms. The Kier molecular flexibility index (Phi) is 20.4. The zero-order valence-electron chi connectivity index (χ0n) is 43.4. The maximum atomic E-state index is 5.04. The minimum Gasteiger partial charge on any atom is -0.224 e. The molecule has 390 valence electrons. The first-order valence-corrected chi connectivity index (χ1v) is 33.4. The van der Waals surface area contributed by atoms with Crippen molar-refractivity contribution in [3.63, 3.8) is 0 Å². The van der Waals surface area contributed by atoms with Crippen molar-refractivity contribution in [1.29, 1.82) is 0 Å². The van der Waals surface area contributed by atoms with E-state index in [1.54, 1.807) is 0 Å². The molecule has 0 saturated carbocycles. The fourth-order valence-corrected chi connectivity index (χ4v) is 19.1. The molecular weight excluding hydrogens is 1410 g/mol. The quantitative estimate of drug-likeness (QED) is 0.0400. The second-order valence-corrected chi connectivity index (χ2v) is 27.6. The van der Waals surface area contributed by atoms with Gasteiger partial charge in [0.1, 0.15) is 0 Å². The number of fused-ring (bicyclic) bond motifs is 5. The van der Waals surface area contributed by atoms with Crippen LogP contribution in [0.15, 0.2) is 72.8 Å². The van der Waals surface area contributed by atoms with E-state index >= 15 is 0 Å². The van der Waals surface area contributed by atoms with E-state index in [0.717, 1.165) is 44.3 Å². The fraction of sp³-hybridized carbons (Fsp3) is 0.410. The third-order valence-corrected chi connectivity index (χ3v) is 23.3. The molecule has 11 rings (SSSR count). The van der Waals surface area contributed by atoms with Gasteiger partial charge in [-0.1, -0.05) is 153 Å². The number of thiophene rings is 6. The third kappa shape index (κ3) is 12.1. The summed E-state index contributed by atoms with van der Waals surface area (Å²) in [6.07, 6.45) is 25.1. The monoisotopic (exact) mass is 1480 g/mol. The average molecular weight is 1480 g/mol. The predicted octanol–water partition coefficient (Wildman–Crippen LogP) is 22.1. The van der Waals surface area contributed by atoms with Gasteiger partial charge >= 0.3 is 0 Å². The van der Waals surface area contributed by atoms with Gasteiger partial charge in [-0.25, -0.2) is 8.75 Å². The molecule has 8 heterocycles. The van der Waals surface area contributed by atoms with Gasteiger partial charge in [-0.05, 0) is 106 Å². The van der Waals surface area contributed by atoms with Crippen LogP contribution in [0.2, 0.25) is 0 Å². The Labute approximate surface area is 506 Å². The van der Waals surface area contributed by atoms with Gasteiger partial charge in [0.15, 0.2) is 0 Å². The first-order valence-electron chi connectivity index (χ1n) is 27.0. The summed E-state index contributed by atoms with van der Waals surface area (Å²) in [6, 6.07) is 35.5. The molecular formula is C61H64N4S8W2-2. The van der Waals surface area contributed by atoms with E-state index in [1.807, 2.05) is 68.0 Å². The molecule has 0 fully saturated rings. The van der Waals surface area contributed by atoms with Crippen LogP contribution in [-0.4, -0.2) is 17.5 Å². The summed E-state index contributed by atoms with van der Waals surface area (Å²) in [5.41, 5.74) is 11.4. The van der Waals surface area contributed by atoms with Crippen LogP contribution in [0.25, 0.3) is 93.1 Å². The summed E-state index contributed by atoms with van der Waals surface area (Å²) in [7, 11) is 0. The Morgan fingerprint density at radius 3 is 1.19 bits per heavy atom. The van der Waals surface area contributed by atoms with Crippen molar-refractivity contribution in [1.82, 2.24) is 17.5 Å². The van der Waals surface area contributed by atoms with Gasteiger partial charge in [0, 0.05) is 109 Å². The molecule has 1 aliphatic carbocycles. The Morgan fingerprint density at radius 1 is 0.387 bits per heavy atom. The van der Waals surface area contributed by atoms with E-state index in [-0.39, 0.29) is 47.5 Å². The molecule has 4 nitrogen and oxygen atoms in total. The Hall–Kier alpha value is -2.34. The van der Waals surface area contributed by atoms with Gasteiger partial charge in [0.05, 0.1) is 23.5 Å². The summed E-state index contributed by atoms with van der Waals surface area (Å²) in [6.45, 7) is 9.22. The van der Waals surface area contributed by atoms with Crippen LogP contribution < -0.4 is 0 Å². The van der Waals surface area contributed by atoms with Crippen molar-refractivity contribution < 1.29 is 42.1 Å². The molecule has 0 amide bonds.